The number of benzene rings is 2. The summed E-state index contributed by atoms with van der Waals surface area (Å²) in [6.07, 6.45) is 0.431. The van der Waals surface area contributed by atoms with E-state index in [0.29, 0.717) is 35.9 Å². The van der Waals surface area contributed by atoms with Crippen LogP contribution in [0.15, 0.2) is 52.3 Å². The molecule has 1 saturated heterocycles. The molecule has 7 nitrogen and oxygen atoms in total. The Bertz CT molecular complexity index is 1230. The molecule has 3 aliphatic rings. The molecule has 2 N–H and O–H groups in total. The van der Waals surface area contributed by atoms with Gasteiger partial charge in [-0.25, -0.2) is 8.78 Å². The molecule has 0 spiro atoms. The maximum atomic E-state index is 13.2. The zero-order chi connectivity index (χ0) is 24.3. The van der Waals surface area contributed by atoms with Crippen LogP contribution in [0.5, 0.6) is 0 Å². The Hall–Kier alpha value is -2.21. The molecular weight excluding hydrogens is 486 g/mol. The summed E-state index contributed by atoms with van der Waals surface area (Å²) < 4.78 is 59.8. The molecule has 2 heterocycles. The van der Waals surface area contributed by atoms with Crippen molar-refractivity contribution in [1.82, 2.24) is 4.90 Å². The summed E-state index contributed by atoms with van der Waals surface area (Å²) in [5, 5.41) is 10.7. The molecule has 2 fully saturated rings. The Morgan fingerprint density at radius 3 is 2.35 bits per heavy atom. The van der Waals surface area contributed by atoms with E-state index in [1.165, 1.54) is 17.8 Å². The molecule has 0 bridgehead atoms. The van der Waals surface area contributed by atoms with E-state index >= 15 is 0 Å². The van der Waals surface area contributed by atoms with E-state index in [2.05, 4.69) is 0 Å². The number of hydrogen-bond acceptors (Lipinski definition) is 6. The molecule has 1 amide bonds. The van der Waals surface area contributed by atoms with Crippen molar-refractivity contribution in [3.8, 4) is 0 Å². The average molecular weight is 511 g/mol. The van der Waals surface area contributed by atoms with Gasteiger partial charge in [0.25, 0.3) is 21.9 Å². The van der Waals surface area contributed by atoms with E-state index in [1.54, 1.807) is 46.2 Å². The average Bonchev–Trinajstić information content (AvgIpc) is 3.18. The van der Waals surface area contributed by atoms with Crippen LogP contribution in [0.3, 0.4) is 0 Å². The monoisotopic (exact) mass is 510 g/mol. The summed E-state index contributed by atoms with van der Waals surface area (Å²) in [5.41, 5.74) is 0.373. The summed E-state index contributed by atoms with van der Waals surface area (Å²) in [6, 6.07) is 11.5. The van der Waals surface area contributed by atoms with Crippen LogP contribution in [-0.2, 0) is 10.1 Å². The molecule has 5 rings (SSSR count). The highest BCUT2D eigenvalue weighted by molar-refractivity contribution is 8.00. The van der Waals surface area contributed by atoms with Crippen LogP contribution in [0.2, 0.25) is 0 Å². The normalized spacial score (nSPS) is 23.0. The third kappa shape index (κ3) is 4.41. The highest BCUT2D eigenvalue weighted by Crippen LogP contribution is 2.53. The molecule has 0 radical (unpaired) electrons. The molecule has 0 aromatic heterocycles. The quantitative estimate of drug-likeness (QED) is 0.583. The van der Waals surface area contributed by atoms with Crippen LogP contribution in [0, 0.1) is 5.92 Å². The van der Waals surface area contributed by atoms with E-state index in [-0.39, 0.29) is 36.5 Å². The van der Waals surface area contributed by atoms with Crippen molar-refractivity contribution < 1.29 is 31.7 Å². The predicted molar refractivity (Wildman–Crippen MR) is 123 cm³/mol. The summed E-state index contributed by atoms with van der Waals surface area (Å²) in [7, 11) is -4.40. The second-order valence-electron chi connectivity index (χ2n) is 9.21. The number of halogens is 2. The van der Waals surface area contributed by atoms with Crippen LogP contribution in [0.25, 0.3) is 0 Å². The number of para-hydroxylation sites is 1. The van der Waals surface area contributed by atoms with Gasteiger partial charge < -0.3 is 14.9 Å². The first-order chi connectivity index (χ1) is 16.0. The molecule has 182 valence electrons. The molecule has 34 heavy (non-hydrogen) atoms. The molecule has 1 aliphatic carbocycles. The number of aliphatic hydroxyl groups is 1. The number of hydrogen-bond donors (Lipinski definition) is 2. The van der Waals surface area contributed by atoms with Crippen molar-refractivity contribution in [2.75, 3.05) is 23.9 Å². The Morgan fingerprint density at radius 1 is 1.12 bits per heavy atom. The minimum absolute atomic E-state index is 0.0671. The third-order valence-corrected chi connectivity index (χ3v) is 8.76. The zero-order valence-electron chi connectivity index (χ0n) is 18.2. The lowest BCUT2D eigenvalue weighted by molar-refractivity contribution is -0.0366. The number of carbonyl (C=O) groups excluding carboxylic acids is 1. The Labute approximate surface area is 200 Å². The summed E-state index contributed by atoms with van der Waals surface area (Å²) in [4.78, 5) is 16.9. The van der Waals surface area contributed by atoms with Crippen molar-refractivity contribution in [3.05, 3.63) is 48.0 Å². The lowest BCUT2D eigenvalue weighted by Crippen LogP contribution is -2.47. The maximum Gasteiger partial charge on any atom is 0.296 e. The fourth-order valence-electron chi connectivity index (χ4n) is 4.74. The van der Waals surface area contributed by atoms with Crippen molar-refractivity contribution in [2.24, 2.45) is 5.92 Å². The van der Waals surface area contributed by atoms with E-state index in [1.807, 2.05) is 0 Å². The first kappa shape index (κ1) is 23.5. The number of thioether (sulfide) groups is 1. The summed E-state index contributed by atoms with van der Waals surface area (Å²) in [5.74, 6) is -3.18. The van der Waals surface area contributed by atoms with Gasteiger partial charge in [-0.2, -0.15) is 8.42 Å². The maximum absolute atomic E-state index is 13.2. The fourth-order valence-corrected chi connectivity index (χ4v) is 6.60. The van der Waals surface area contributed by atoms with Crippen LogP contribution < -0.4 is 4.90 Å². The van der Waals surface area contributed by atoms with Crippen LogP contribution in [0.4, 0.5) is 20.2 Å². The van der Waals surface area contributed by atoms with Gasteiger partial charge in [-0.1, -0.05) is 6.07 Å². The molecule has 2 aromatic carbocycles. The fraction of sp³-hybridized carbons (Fsp3) is 0.435. The van der Waals surface area contributed by atoms with E-state index < -0.39 is 27.6 Å². The van der Waals surface area contributed by atoms with Gasteiger partial charge in [-0.05, 0) is 55.7 Å². The molecular formula is C23H24F2N2O5S2. The first-order valence-electron chi connectivity index (χ1n) is 11.0. The number of anilines is 2. The van der Waals surface area contributed by atoms with Crippen molar-refractivity contribution in [1.29, 1.82) is 0 Å². The van der Waals surface area contributed by atoms with Crippen molar-refractivity contribution >= 4 is 39.2 Å². The number of piperidine rings is 1. The number of alkyl halides is 2. The largest absolute Gasteiger partial charge is 0.390 e. The number of carbonyl (C=O) groups is 1. The van der Waals surface area contributed by atoms with Gasteiger partial charge in [0.05, 0.1) is 17.2 Å². The molecule has 1 atom stereocenters. The number of rotatable bonds is 5. The van der Waals surface area contributed by atoms with Gasteiger partial charge >= 0.3 is 0 Å². The van der Waals surface area contributed by atoms with Gasteiger partial charge in [0, 0.05) is 41.6 Å². The van der Waals surface area contributed by atoms with Gasteiger partial charge in [0.1, 0.15) is 4.90 Å². The minimum atomic E-state index is -4.40. The van der Waals surface area contributed by atoms with E-state index in [9.17, 15) is 31.7 Å². The van der Waals surface area contributed by atoms with Gasteiger partial charge in [0.15, 0.2) is 0 Å². The molecule has 11 heteroatoms. The minimum Gasteiger partial charge on any atom is -0.390 e. The summed E-state index contributed by atoms with van der Waals surface area (Å²) >= 11 is 1.45. The molecule has 2 aliphatic heterocycles. The summed E-state index contributed by atoms with van der Waals surface area (Å²) in [6.45, 7) is 0.590. The zero-order valence-corrected chi connectivity index (χ0v) is 19.8. The first-order valence-corrected chi connectivity index (χ1v) is 13.4. The van der Waals surface area contributed by atoms with Gasteiger partial charge in [0.2, 0.25) is 0 Å². The molecule has 2 aromatic rings. The number of nitrogens with zero attached hydrogens (tertiary/aromatic N) is 2. The van der Waals surface area contributed by atoms with Crippen LogP contribution >= 0.6 is 11.8 Å². The van der Waals surface area contributed by atoms with Gasteiger partial charge in [-0.3, -0.25) is 9.35 Å². The Kier molecular flexibility index (Phi) is 5.66. The number of likely N-dealkylation sites (tertiary alicyclic amines) is 1. The molecule has 1 unspecified atom stereocenters. The lowest BCUT2D eigenvalue weighted by Gasteiger charge is -2.38. The second-order valence-corrected chi connectivity index (χ2v) is 11.6. The highest BCUT2D eigenvalue weighted by Gasteiger charge is 2.59. The van der Waals surface area contributed by atoms with Crippen molar-refractivity contribution in [3.63, 3.8) is 0 Å². The standard InChI is InChI=1S/C23H24F2N2O5S2/c24-23(25)13-16(23)12-22(29)8-10-26(11-9-22)21(28)15-4-6-17(7-5-15)27-14-33-18-2-1-3-19(20(18)27)34(30,31)32/h1-7,16,29H,8-14H2,(H,30,31,32). The number of amides is 1. The Balaban J connectivity index is 1.27. The van der Waals surface area contributed by atoms with Crippen molar-refractivity contribution in [2.45, 2.75) is 47.0 Å². The van der Waals surface area contributed by atoms with E-state index in [4.69, 9.17) is 0 Å². The van der Waals surface area contributed by atoms with Crippen LogP contribution in [-0.4, -0.2) is 59.4 Å². The predicted octanol–water partition coefficient (Wildman–Crippen LogP) is 4.15. The molecule has 1 saturated carbocycles. The smallest absolute Gasteiger partial charge is 0.296 e. The van der Waals surface area contributed by atoms with E-state index in [0.717, 1.165) is 4.90 Å². The van der Waals surface area contributed by atoms with Crippen LogP contribution in [0.1, 0.15) is 36.0 Å². The SMILES string of the molecule is O=C(c1ccc(N2CSc3cccc(S(=O)(=O)O)c32)cc1)N1CCC(O)(CC2CC2(F)F)CC1. The Morgan fingerprint density at radius 2 is 1.76 bits per heavy atom. The lowest BCUT2D eigenvalue weighted by atomic mass is 9.86. The second kappa shape index (κ2) is 8.18. The topological polar surface area (TPSA) is 98.2 Å². The highest BCUT2D eigenvalue weighted by atomic mass is 32.2. The van der Waals surface area contributed by atoms with Gasteiger partial charge in [-0.15, -0.1) is 11.8 Å². The third-order valence-electron chi connectivity index (χ3n) is 6.85. The number of fused-ring (bicyclic) bond motifs is 1.